The summed E-state index contributed by atoms with van der Waals surface area (Å²) >= 11 is 0. The molecular weight excluding hydrogens is 338 g/mol. The average molecular weight is 367 g/mol. The summed E-state index contributed by atoms with van der Waals surface area (Å²) in [7, 11) is 0. The molecule has 0 aliphatic rings. The van der Waals surface area contributed by atoms with Crippen molar-refractivity contribution in [1.29, 1.82) is 0 Å². The molecule has 0 saturated heterocycles. The van der Waals surface area contributed by atoms with Crippen LogP contribution in [0.2, 0.25) is 0 Å². The minimum absolute atomic E-state index is 0.0678. The highest BCUT2D eigenvalue weighted by Crippen LogP contribution is 2.15. The Kier molecular flexibility index (Phi) is 7.16. The van der Waals surface area contributed by atoms with Crippen LogP contribution in [0.3, 0.4) is 0 Å². The molecule has 0 aliphatic carbocycles. The van der Waals surface area contributed by atoms with Crippen LogP contribution >= 0.6 is 0 Å². The Labute approximate surface area is 153 Å². The zero-order valence-corrected chi connectivity index (χ0v) is 16.4. The number of nitrogens with one attached hydrogen (secondary N) is 2. The van der Waals surface area contributed by atoms with Crippen molar-refractivity contribution in [1.82, 2.24) is 20.2 Å². The van der Waals surface area contributed by atoms with Gasteiger partial charge in [-0.2, -0.15) is 0 Å². The van der Waals surface area contributed by atoms with Crippen molar-refractivity contribution in [3.63, 3.8) is 0 Å². The quantitative estimate of drug-likeness (QED) is 0.344. The molecule has 0 fully saturated rings. The van der Waals surface area contributed by atoms with Crippen LogP contribution in [0, 0.1) is 17.0 Å². The molecule has 1 aromatic rings. The number of carbonyl (C=O) groups excluding carboxylic acids is 2. The van der Waals surface area contributed by atoms with Crippen LogP contribution in [0.1, 0.15) is 46.7 Å². The van der Waals surface area contributed by atoms with Crippen LogP contribution < -0.4 is 10.6 Å². The minimum Gasteiger partial charge on any atom is -0.390 e. The number of carbonyl (C=O) groups is 2. The Hall–Kier alpha value is -2.13. The van der Waals surface area contributed by atoms with Crippen LogP contribution in [-0.2, 0) is 16.1 Å². The second kappa shape index (κ2) is 8.50. The van der Waals surface area contributed by atoms with E-state index in [-0.39, 0.29) is 24.1 Å². The lowest BCUT2D eigenvalue weighted by Gasteiger charge is -2.26. The van der Waals surface area contributed by atoms with Gasteiger partial charge in [-0.05, 0) is 66.0 Å². The van der Waals surface area contributed by atoms with Gasteiger partial charge in [-0.25, -0.2) is 4.57 Å². The molecule has 0 radical (unpaired) electrons. The lowest BCUT2D eigenvalue weighted by Crippen LogP contribution is -2.50. The van der Waals surface area contributed by atoms with Gasteiger partial charge in [-0.15, -0.1) is 0 Å². The van der Waals surface area contributed by atoms with Gasteiger partial charge < -0.3 is 20.7 Å². The number of aryl methyl sites for hydroxylation is 1. The number of hydrogen-bond donors (Lipinski definition) is 2. The number of rotatable bonds is 11. The summed E-state index contributed by atoms with van der Waals surface area (Å²) in [6.45, 7) is 11.5. The van der Waals surface area contributed by atoms with Crippen LogP contribution in [0.4, 0.5) is 5.95 Å². The maximum Gasteiger partial charge on any atom is 0.435 e. The molecular formula is C17H29N5O4. The number of nitrogens with zero attached hydrogens (tertiary/aromatic N) is 3. The summed E-state index contributed by atoms with van der Waals surface area (Å²) in [4.78, 5) is 38.2. The first-order valence-corrected chi connectivity index (χ1v) is 8.59. The second-order valence-electron chi connectivity index (χ2n) is 7.48. The van der Waals surface area contributed by atoms with Gasteiger partial charge in [0.1, 0.15) is 24.2 Å². The summed E-state index contributed by atoms with van der Waals surface area (Å²) in [6, 6.07) is 0. The van der Waals surface area contributed by atoms with E-state index in [4.69, 9.17) is 0 Å². The first kappa shape index (κ1) is 21.9. The third-order valence-electron chi connectivity index (χ3n) is 4.56. The van der Waals surface area contributed by atoms with Gasteiger partial charge in [0.15, 0.2) is 5.78 Å². The topological polar surface area (TPSA) is 119 Å². The van der Waals surface area contributed by atoms with E-state index in [1.807, 2.05) is 13.8 Å². The molecule has 9 heteroatoms. The third kappa shape index (κ3) is 5.70. The Morgan fingerprint density at radius 1 is 1.19 bits per heavy atom. The third-order valence-corrected chi connectivity index (χ3v) is 4.56. The zero-order valence-electron chi connectivity index (χ0n) is 16.4. The summed E-state index contributed by atoms with van der Waals surface area (Å²) in [5.41, 5.74) is -0.833. The molecule has 0 amide bonds. The largest absolute Gasteiger partial charge is 0.435 e. The maximum absolute atomic E-state index is 12.6. The molecule has 1 aromatic heterocycles. The highest BCUT2D eigenvalue weighted by Gasteiger charge is 2.30. The Balaban J connectivity index is 2.55. The van der Waals surface area contributed by atoms with Crippen LogP contribution in [-0.4, -0.2) is 50.2 Å². The van der Waals surface area contributed by atoms with Crippen molar-refractivity contribution < 1.29 is 14.5 Å². The summed E-state index contributed by atoms with van der Waals surface area (Å²) in [5, 5.41) is 17.4. The smallest absolute Gasteiger partial charge is 0.390 e. The molecule has 0 bridgehead atoms. The van der Waals surface area contributed by atoms with E-state index in [2.05, 4.69) is 15.6 Å². The lowest BCUT2D eigenvalue weighted by atomic mass is 9.98. The standard InChI is InChI=1S/C17H29N5O4/c1-12-10-18-15(22(25)26)21(12)11-14(24)17(5,6)20-9-7-8-19-16(3,4)13(2)23/h10,19-20H,7-9,11H2,1-6H3. The van der Waals surface area contributed by atoms with Crippen molar-refractivity contribution in [2.45, 2.75) is 65.6 Å². The van der Waals surface area contributed by atoms with E-state index >= 15 is 0 Å². The van der Waals surface area contributed by atoms with E-state index in [1.165, 1.54) is 10.8 Å². The van der Waals surface area contributed by atoms with Gasteiger partial charge in [0.05, 0.1) is 11.1 Å². The van der Waals surface area contributed by atoms with Gasteiger partial charge >= 0.3 is 5.95 Å². The fraction of sp³-hybridized carbons (Fsp3) is 0.706. The number of aromatic nitrogens is 2. The van der Waals surface area contributed by atoms with Crippen molar-refractivity contribution in [3.8, 4) is 0 Å². The van der Waals surface area contributed by atoms with Gasteiger partial charge in [0.25, 0.3) is 0 Å². The van der Waals surface area contributed by atoms with Gasteiger partial charge in [-0.3, -0.25) is 9.59 Å². The molecule has 9 nitrogen and oxygen atoms in total. The second-order valence-corrected chi connectivity index (χ2v) is 7.48. The van der Waals surface area contributed by atoms with Crippen molar-refractivity contribution in [2.75, 3.05) is 13.1 Å². The Morgan fingerprint density at radius 2 is 1.73 bits per heavy atom. The van der Waals surface area contributed by atoms with Crippen molar-refractivity contribution >= 4 is 17.5 Å². The average Bonchev–Trinajstić information content (AvgIpc) is 2.87. The Bertz CT molecular complexity index is 679. The zero-order chi connectivity index (χ0) is 20.1. The molecule has 0 aliphatic heterocycles. The first-order valence-electron chi connectivity index (χ1n) is 8.59. The van der Waals surface area contributed by atoms with E-state index < -0.39 is 16.0 Å². The molecule has 0 atom stereocenters. The molecule has 0 saturated carbocycles. The predicted octanol–water partition coefficient (Wildman–Crippen LogP) is 1.38. The molecule has 26 heavy (non-hydrogen) atoms. The number of nitro groups is 1. The van der Waals surface area contributed by atoms with Crippen molar-refractivity contribution in [3.05, 3.63) is 22.0 Å². The highest BCUT2D eigenvalue weighted by atomic mass is 16.6. The molecule has 146 valence electrons. The van der Waals surface area contributed by atoms with Crippen LogP contribution in [0.5, 0.6) is 0 Å². The van der Waals surface area contributed by atoms with E-state index in [0.717, 1.165) is 6.42 Å². The molecule has 1 heterocycles. The van der Waals surface area contributed by atoms with Gasteiger partial charge in [-0.1, -0.05) is 4.98 Å². The number of hydrogen-bond acceptors (Lipinski definition) is 7. The summed E-state index contributed by atoms with van der Waals surface area (Å²) in [5.74, 6) is -0.431. The monoisotopic (exact) mass is 367 g/mol. The minimum atomic E-state index is -0.833. The summed E-state index contributed by atoms with van der Waals surface area (Å²) in [6.07, 6.45) is 2.12. The molecule has 0 unspecified atom stereocenters. The molecule has 2 N–H and O–H groups in total. The van der Waals surface area contributed by atoms with Gasteiger partial charge in [0, 0.05) is 0 Å². The fourth-order valence-electron chi connectivity index (χ4n) is 2.24. The van der Waals surface area contributed by atoms with E-state index in [0.29, 0.717) is 18.8 Å². The van der Waals surface area contributed by atoms with E-state index in [9.17, 15) is 19.7 Å². The fourth-order valence-corrected chi connectivity index (χ4v) is 2.24. The van der Waals surface area contributed by atoms with Crippen LogP contribution in [0.15, 0.2) is 6.20 Å². The maximum atomic E-state index is 12.6. The highest BCUT2D eigenvalue weighted by molar-refractivity contribution is 5.87. The summed E-state index contributed by atoms with van der Waals surface area (Å²) < 4.78 is 1.31. The molecule has 0 spiro atoms. The Morgan fingerprint density at radius 3 is 2.23 bits per heavy atom. The first-order chi connectivity index (χ1) is 11.9. The lowest BCUT2D eigenvalue weighted by molar-refractivity contribution is -0.396. The van der Waals surface area contributed by atoms with Crippen LogP contribution in [0.25, 0.3) is 0 Å². The predicted molar refractivity (Wildman–Crippen MR) is 98.1 cm³/mol. The van der Waals surface area contributed by atoms with E-state index in [1.54, 1.807) is 27.7 Å². The molecule has 1 rings (SSSR count). The van der Waals surface area contributed by atoms with Crippen molar-refractivity contribution in [2.24, 2.45) is 0 Å². The van der Waals surface area contributed by atoms with Gasteiger partial charge in [0.2, 0.25) is 0 Å². The number of ketones is 2. The normalized spacial score (nSPS) is 12.2. The SMILES string of the molecule is CC(=O)C(C)(C)NCCCNC(C)(C)C(=O)Cn1c(C)cnc1[N+](=O)[O-]. The molecule has 0 aromatic carbocycles. The number of Topliss-reactive ketones (excluding diaryl/α,β-unsaturated/α-hetero) is 2. The number of imidazole rings is 1.